The Morgan fingerprint density at radius 3 is 1.24 bits per heavy atom. The number of fused-ring (bicyclic) bond motifs is 1. The van der Waals surface area contributed by atoms with Crippen LogP contribution in [0.5, 0.6) is 0 Å². The fourth-order valence-corrected chi connectivity index (χ4v) is 9.60. The number of amides is 2. The summed E-state index contributed by atoms with van der Waals surface area (Å²) >= 11 is 0. The van der Waals surface area contributed by atoms with Gasteiger partial charge in [-0.15, -0.1) is 0 Å². The van der Waals surface area contributed by atoms with Crippen LogP contribution >= 0.6 is 7.26 Å². The Morgan fingerprint density at radius 1 is 0.447 bits per heavy atom. The number of hydrogen-bond donors (Lipinski definition) is 0. The highest BCUT2D eigenvalue weighted by atomic mass is 31.2. The first-order valence-corrected chi connectivity index (χ1v) is 14.7. The van der Waals surface area contributed by atoms with Crippen LogP contribution in [0, 0.1) is 0 Å². The molecule has 1 aliphatic rings. The van der Waals surface area contributed by atoms with Crippen molar-refractivity contribution in [2.45, 2.75) is 12.7 Å². The first-order valence-electron chi connectivity index (χ1n) is 12.7. The second-order valence-electron chi connectivity index (χ2n) is 9.53. The van der Waals surface area contributed by atoms with Gasteiger partial charge < -0.3 is 0 Å². The number of imide groups is 1. The van der Waals surface area contributed by atoms with Crippen LogP contribution in [0.25, 0.3) is 0 Å². The minimum Gasteiger partial charge on any atom is -0.270 e. The molecule has 184 valence electrons. The molecule has 4 heteroatoms. The summed E-state index contributed by atoms with van der Waals surface area (Å²) in [6.45, 7) is 0.267. The van der Waals surface area contributed by atoms with E-state index < -0.39 is 7.26 Å². The molecule has 0 spiro atoms. The van der Waals surface area contributed by atoms with Crippen molar-refractivity contribution in [2.75, 3.05) is 0 Å². The van der Waals surface area contributed by atoms with Crippen LogP contribution in [0.1, 0.15) is 31.8 Å². The highest BCUT2D eigenvalue weighted by Crippen LogP contribution is 2.58. The van der Waals surface area contributed by atoms with E-state index in [4.69, 9.17) is 0 Å². The maximum Gasteiger partial charge on any atom is 0.261 e. The van der Waals surface area contributed by atoms with Gasteiger partial charge in [-0.1, -0.05) is 91.0 Å². The number of nitrogens with zero attached hydrogens (tertiary/aromatic N) is 1. The molecule has 0 saturated heterocycles. The SMILES string of the molecule is O=C1c2ccccc2C(=O)N1Cc1ccc(C[P+](c2ccccc2)(c2ccccc2)c2ccccc2)cc1. The average molecular weight is 513 g/mol. The number of carbonyl (C=O) groups excluding carboxylic acids is 2. The Hall–Kier alpha value is -4.33. The molecule has 0 aromatic heterocycles. The molecule has 0 N–H and O–H groups in total. The van der Waals surface area contributed by atoms with Gasteiger partial charge in [0.2, 0.25) is 0 Å². The number of rotatable bonds is 7. The summed E-state index contributed by atoms with van der Waals surface area (Å²) in [5.41, 5.74) is 3.13. The maximum atomic E-state index is 12.8. The normalized spacial score (nSPS) is 13.0. The lowest BCUT2D eigenvalue weighted by Crippen LogP contribution is -2.32. The van der Waals surface area contributed by atoms with Crippen molar-refractivity contribution in [1.82, 2.24) is 4.90 Å². The highest BCUT2D eigenvalue weighted by molar-refractivity contribution is 7.95. The minimum absolute atomic E-state index is 0.225. The largest absolute Gasteiger partial charge is 0.270 e. The molecular formula is C34H27NO2P+. The van der Waals surface area contributed by atoms with Gasteiger partial charge in [-0.3, -0.25) is 14.5 Å². The molecule has 0 unspecified atom stereocenters. The van der Waals surface area contributed by atoms with Crippen molar-refractivity contribution in [3.63, 3.8) is 0 Å². The molecule has 1 aliphatic heterocycles. The fraction of sp³-hybridized carbons (Fsp3) is 0.0588. The highest BCUT2D eigenvalue weighted by Gasteiger charge is 2.45. The van der Waals surface area contributed by atoms with Crippen molar-refractivity contribution < 1.29 is 9.59 Å². The lowest BCUT2D eigenvalue weighted by molar-refractivity contribution is 0.0642. The van der Waals surface area contributed by atoms with Gasteiger partial charge in [0.1, 0.15) is 23.2 Å². The lowest BCUT2D eigenvalue weighted by atomic mass is 10.1. The molecule has 38 heavy (non-hydrogen) atoms. The van der Waals surface area contributed by atoms with E-state index in [2.05, 4.69) is 115 Å². The van der Waals surface area contributed by atoms with E-state index in [1.54, 1.807) is 24.3 Å². The van der Waals surface area contributed by atoms with Crippen LogP contribution in [0.4, 0.5) is 0 Å². The van der Waals surface area contributed by atoms with E-state index in [0.29, 0.717) is 11.1 Å². The lowest BCUT2D eigenvalue weighted by Gasteiger charge is -2.28. The van der Waals surface area contributed by atoms with Gasteiger partial charge in [-0.25, -0.2) is 0 Å². The van der Waals surface area contributed by atoms with Crippen molar-refractivity contribution in [3.8, 4) is 0 Å². The Balaban J connectivity index is 1.35. The molecular weight excluding hydrogens is 485 g/mol. The Morgan fingerprint density at radius 2 is 0.816 bits per heavy atom. The number of hydrogen-bond acceptors (Lipinski definition) is 2. The van der Waals surface area contributed by atoms with Crippen LogP contribution in [0.2, 0.25) is 0 Å². The molecule has 6 rings (SSSR count). The van der Waals surface area contributed by atoms with E-state index in [0.717, 1.165) is 11.7 Å². The second kappa shape index (κ2) is 10.2. The van der Waals surface area contributed by atoms with Crippen molar-refractivity contribution in [2.24, 2.45) is 0 Å². The van der Waals surface area contributed by atoms with Gasteiger partial charge >= 0.3 is 0 Å². The molecule has 0 saturated carbocycles. The summed E-state index contributed by atoms with van der Waals surface area (Å²) in [5.74, 6) is -0.450. The van der Waals surface area contributed by atoms with E-state index in [1.807, 2.05) is 0 Å². The van der Waals surface area contributed by atoms with Gasteiger partial charge in [0.25, 0.3) is 11.8 Å². The van der Waals surface area contributed by atoms with Crippen LogP contribution in [0.15, 0.2) is 140 Å². The standard InChI is InChI=1S/C34H27NO2P/c36-33-31-18-10-11-19-32(31)34(37)35(33)24-26-20-22-27(23-21-26)25-38(28-12-4-1-5-13-28,29-14-6-2-7-15-29)30-16-8-3-9-17-30/h1-23H,24-25H2/q+1. The van der Waals surface area contributed by atoms with Gasteiger partial charge in [0.15, 0.2) is 0 Å². The molecule has 0 radical (unpaired) electrons. The zero-order valence-corrected chi connectivity index (χ0v) is 21.8. The topological polar surface area (TPSA) is 37.4 Å². The third-order valence-corrected chi connectivity index (χ3v) is 11.6. The molecule has 2 amide bonds. The average Bonchev–Trinajstić information content (AvgIpc) is 3.23. The van der Waals surface area contributed by atoms with Crippen LogP contribution in [-0.2, 0) is 12.7 Å². The first-order chi connectivity index (χ1) is 18.7. The zero-order chi connectivity index (χ0) is 26.0. The summed E-state index contributed by atoms with van der Waals surface area (Å²) in [6, 6.07) is 47.9. The fourth-order valence-electron chi connectivity index (χ4n) is 5.36. The molecule has 5 aromatic carbocycles. The van der Waals surface area contributed by atoms with Gasteiger partial charge in [-0.05, 0) is 59.7 Å². The number of benzene rings is 5. The van der Waals surface area contributed by atoms with Crippen LogP contribution in [0.3, 0.4) is 0 Å². The molecule has 5 aromatic rings. The quantitative estimate of drug-likeness (QED) is 0.199. The summed E-state index contributed by atoms with van der Waals surface area (Å²) in [4.78, 5) is 27.0. The van der Waals surface area contributed by atoms with E-state index in [9.17, 15) is 9.59 Å². The summed E-state index contributed by atoms with van der Waals surface area (Å²) in [6.07, 6.45) is 0.873. The summed E-state index contributed by atoms with van der Waals surface area (Å²) in [5, 5.41) is 4.02. The monoisotopic (exact) mass is 512 g/mol. The Bertz CT molecular complexity index is 1450. The molecule has 3 nitrogen and oxygen atoms in total. The second-order valence-corrected chi connectivity index (χ2v) is 13.0. The maximum absolute atomic E-state index is 12.8. The van der Waals surface area contributed by atoms with Gasteiger partial charge in [-0.2, -0.15) is 0 Å². The number of carbonyl (C=O) groups is 2. The van der Waals surface area contributed by atoms with E-state index in [-0.39, 0.29) is 18.4 Å². The molecule has 0 aliphatic carbocycles. The molecule has 0 atom stereocenters. The van der Waals surface area contributed by atoms with Gasteiger partial charge in [0.05, 0.1) is 23.8 Å². The summed E-state index contributed by atoms with van der Waals surface area (Å²) < 4.78 is 0. The smallest absolute Gasteiger partial charge is 0.261 e. The minimum atomic E-state index is -2.00. The van der Waals surface area contributed by atoms with Crippen LogP contribution < -0.4 is 15.9 Å². The Labute approximate surface area is 223 Å². The third kappa shape index (κ3) is 4.26. The first kappa shape index (κ1) is 24.0. The van der Waals surface area contributed by atoms with Crippen LogP contribution in [-0.4, -0.2) is 16.7 Å². The van der Waals surface area contributed by atoms with Crippen molar-refractivity contribution in [3.05, 3.63) is 162 Å². The van der Waals surface area contributed by atoms with E-state index >= 15 is 0 Å². The Kier molecular flexibility index (Phi) is 6.45. The van der Waals surface area contributed by atoms with Crippen molar-refractivity contribution >= 4 is 35.0 Å². The molecule has 0 bridgehead atoms. The predicted molar refractivity (Wildman–Crippen MR) is 156 cm³/mol. The summed E-state index contributed by atoms with van der Waals surface area (Å²) in [7, 11) is -2.00. The molecule has 0 fully saturated rings. The van der Waals surface area contributed by atoms with Crippen molar-refractivity contribution in [1.29, 1.82) is 0 Å². The third-order valence-electron chi connectivity index (χ3n) is 7.25. The molecule has 1 heterocycles. The van der Waals surface area contributed by atoms with E-state index in [1.165, 1.54) is 26.4 Å². The zero-order valence-electron chi connectivity index (χ0n) is 20.9. The van der Waals surface area contributed by atoms with Gasteiger partial charge in [0, 0.05) is 0 Å². The predicted octanol–water partition coefficient (Wildman–Crippen LogP) is 5.98.